The highest BCUT2D eigenvalue weighted by molar-refractivity contribution is 4.81. The van der Waals surface area contributed by atoms with Crippen LogP contribution < -0.4 is 0 Å². The lowest BCUT2D eigenvalue weighted by molar-refractivity contribution is -0.179. The number of rotatable bonds is 4. The van der Waals surface area contributed by atoms with Gasteiger partial charge >= 0.3 is 6.18 Å². The van der Waals surface area contributed by atoms with Gasteiger partial charge in [-0.2, -0.15) is 18.4 Å². The topological polar surface area (TPSA) is 33.0 Å². The van der Waals surface area contributed by atoms with Crippen molar-refractivity contribution in [3.8, 4) is 6.07 Å². The molecule has 0 aromatic carbocycles. The van der Waals surface area contributed by atoms with Crippen molar-refractivity contribution in [1.29, 1.82) is 5.26 Å². The normalized spacial score (nSPS) is 12.6. The van der Waals surface area contributed by atoms with Crippen molar-refractivity contribution in [1.82, 2.24) is 0 Å². The van der Waals surface area contributed by atoms with Crippen LogP contribution in [0.1, 0.15) is 20.3 Å². The van der Waals surface area contributed by atoms with E-state index in [9.17, 15) is 13.2 Å². The first-order valence-corrected chi connectivity index (χ1v) is 3.78. The predicted molar refractivity (Wildman–Crippen MR) is 40.9 cm³/mol. The van der Waals surface area contributed by atoms with Crippen molar-refractivity contribution in [2.24, 2.45) is 5.41 Å². The number of hydrogen-bond acceptors (Lipinski definition) is 2. The number of halogens is 3. The molecule has 13 heavy (non-hydrogen) atoms. The van der Waals surface area contributed by atoms with E-state index in [1.165, 1.54) is 0 Å². The molecule has 0 aliphatic rings. The molecule has 0 heterocycles. The third-order valence-electron chi connectivity index (χ3n) is 1.32. The zero-order chi connectivity index (χ0) is 10.5. The van der Waals surface area contributed by atoms with Gasteiger partial charge in [-0.25, -0.2) is 0 Å². The minimum Gasteiger partial charge on any atom is -0.371 e. The largest absolute Gasteiger partial charge is 0.411 e. The molecular formula is C8H12F3NO. The molecule has 0 fully saturated rings. The maximum absolute atomic E-state index is 11.6. The molecule has 76 valence electrons. The Kier molecular flexibility index (Phi) is 4.21. The van der Waals surface area contributed by atoms with Crippen LogP contribution in [0.3, 0.4) is 0 Å². The zero-order valence-electron chi connectivity index (χ0n) is 7.61. The van der Waals surface area contributed by atoms with Gasteiger partial charge in [-0.3, -0.25) is 0 Å². The lowest BCUT2D eigenvalue weighted by Gasteiger charge is -2.21. The number of hydrogen-bond donors (Lipinski definition) is 0. The molecule has 2 nitrogen and oxygen atoms in total. The van der Waals surface area contributed by atoms with Crippen LogP contribution >= 0.6 is 0 Å². The minimum absolute atomic E-state index is 0.0555. The molecule has 0 unspecified atom stereocenters. The standard InChI is InChI=1S/C8H12F3NO/c1-7(2,3-4-12)5-13-6-8(9,10)11/h3,5-6H2,1-2H3. The Morgan fingerprint density at radius 2 is 1.77 bits per heavy atom. The smallest absolute Gasteiger partial charge is 0.371 e. The summed E-state index contributed by atoms with van der Waals surface area (Å²) in [6, 6.07) is 1.89. The number of nitrogens with zero attached hydrogens (tertiary/aromatic N) is 1. The van der Waals surface area contributed by atoms with E-state index in [0.29, 0.717) is 0 Å². The van der Waals surface area contributed by atoms with Gasteiger partial charge in [0.1, 0.15) is 6.61 Å². The molecule has 0 saturated carbocycles. The van der Waals surface area contributed by atoms with E-state index >= 15 is 0 Å². The van der Waals surface area contributed by atoms with Crippen LogP contribution in [0.5, 0.6) is 0 Å². The monoisotopic (exact) mass is 195 g/mol. The number of ether oxygens (including phenoxy) is 1. The molecule has 0 aliphatic heterocycles. The first-order valence-electron chi connectivity index (χ1n) is 3.78. The molecule has 0 amide bonds. The fourth-order valence-electron chi connectivity index (χ4n) is 0.708. The van der Waals surface area contributed by atoms with Gasteiger partial charge in [0.25, 0.3) is 0 Å². The van der Waals surface area contributed by atoms with Crippen LogP contribution in [0.15, 0.2) is 0 Å². The van der Waals surface area contributed by atoms with E-state index in [2.05, 4.69) is 4.74 Å². The van der Waals surface area contributed by atoms with E-state index in [1.807, 2.05) is 6.07 Å². The van der Waals surface area contributed by atoms with Crippen LogP contribution in [0.25, 0.3) is 0 Å². The summed E-state index contributed by atoms with van der Waals surface area (Å²) in [4.78, 5) is 0. The van der Waals surface area contributed by atoms with Gasteiger partial charge in [0.2, 0.25) is 0 Å². The molecule has 0 atom stereocenters. The third-order valence-corrected chi connectivity index (χ3v) is 1.32. The van der Waals surface area contributed by atoms with Gasteiger partial charge in [0.05, 0.1) is 12.7 Å². The zero-order valence-corrected chi connectivity index (χ0v) is 7.61. The summed E-state index contributed by atoms with van der Waals surface area (Å²) in [7, 11) is 0. The molecule has 0 bridgehead atoms. The Labute approximate surface area is 75.3 Å². The maximum atomic E-state index is 11.6. The summed E-state index contributed by atoms with van der Waals surface area (Å²) in [5.41, 5.74) is -0.514. The summed E-state index contributed by atoms with van der Waals surface area (Å²) >= 11 is 0. The molecule has 0 spiro atoms. The molecule has 0 N–H and O–H groups in total. The van der Waals surface area contributed by atoms with Crippen LogP contribution in [0, 0.1) is 16.7 Å². The molecule has 0 rings (SSSR count). The maximum Gasteiger partial charge on any atom is 0.411 e. The predicted octanol–water partition coefficient (Wildman–Crippen LogP) is 2.51. The van der Waals surface area contributed by atoms with Gasteiger partial charge in [-0.15, -0.1) is 0 Å². The molecule has 0 aromatic heterocycles. The van der Waals surface area contributed by atoms with Gasteiger partial charge < -0.3 is 4.74 Å². The Balaban J connectivity index is 3.71. The minimum atomic E-state index is -4.29. The van der Waals surface area contributed by atoms with Crippen molar-refractivity contribution < 1.29 is 17.9 Å². The highest BCUT2D eigenvalue weighted by Crippen LogP contribution is 2.22. The van der Waals surface area contributed by atoms with Crippen molar-refractivity contribution in [2.75, 3.05) is 13.2 Å². The van der Waals surface area contributed by atoms with E-state index in [-0.39, 0.29) is 13.0 Å². The van der Waals surface area contributed by atoms with E-state index < -0.39 is 18.2 Å². The molecule has 0 radical (unpaired) electrons. The second kappa shape index (κ2) is 4.47. The average molecular weight is 195 g/mol. The van der Waals surface area contributed by atoms with E-state index in [4.69, 9.17) is 5.26 Å². The molecule has 0 saturated heterocycles. The number of alkyl halides is 3. The van der Waals surface area contributed by atoms with Gasteiger partial charge in [0.15, 0.2) is 0 Å². The lowest BCUT2D eigenvalue weighted by Crippen LogP contribution is -2.24. The molecule has 5 heteroatoms. The Morgan fingerprint density at radius 1 is 1.23 bits per heavy atom. The van der Waals surface area contributed by atoms with Gasteiger partial charge in [-0.1, -0.05) is 13.8 Å². The molecule has 0 aromatic rings. The molecular weight excluding hydrogens is 183 g/mol. The summed E-state index contributed by atoms with van der Waals surface area (Å²) in [5.74, 6) is 0. The second-order valence-corrected chi connectivity index (χ2v) is 3.61. The Bertz CT molecular complexity index is 193. The van der Waals surface area contributed by atoms with Gasteiger partial charge in [-0.05, 0) is 0 Å². The third kappa shape index (κ3) is 7.60. The van der Waals surface area contributed by atoms with Crippen LogP contribution in [0.4, 0.5) is 13.2 Å². The van der Waals surface area contributed by atoms with Crippen molar-refractivity contribution >= 4 is 0 Å². The van der Waals surface area contributed by atoms with Crippen LogP contribution in [0.2, 0.25) is 0 Å². The van der Waals surface area contributed by atoms with E-state index in [0.717, 1.165) is 0 Å². The SMILES string of the molecule is CC(C)(CC#N)COCC(F)(F)F. The first-order chi connectivity index (χ1) is 5.77. The summed E-state index contributed by atoms with van der Waals surface area (Å²) in [5, 5.41) is 8.33. The average Bonchev–Trinajstić information content (AvgIpc) is 1.82. The summed E-state index contributed by atoms with van der Waals surface area (Å²) < 4.78 is 39.3. The number of nitriles is 1. The highest BCUT2D eigenvalue weighted by Gasteiger charge is 2.29. The van der Waals surface area contributed by atoms with Gasteiger partial charge in [0, 0.05) is 11.8 Å². The summed E-state index contributed by atoms with van der Waals surface area (Å²) in [6.45, 7) is 2.07. The van der Waals surface area contributed by atoms with Crippen LogP contribution in [-0.2, 0) is 4.74 Å². The highest BCUT2D eigenvalue weighted by atomic mass is 19.4. The van der Waals surface area contributed by atoms with Crippen molar-refractivity contribution in [2.45, 2.75) is 26.4 Å². The van der Waals surface area contributed by atoms with Crippen molar-refractivity contribution in [3.05, 3.63) is 0 Å². The Morgan fingerprint density at radius 3 is 2.15 bits per heavy atom. The fourth-order valence-corrected chi connectivity index (χ4v) is 0.708. The summed E-state index contributed by atoms with van der Waals surface area (Å²) in [6.07, 6.45) is -4.10. The Hall–Kier alpha value is -0.760. The second-order valence-electron chi connectivity index (χ2n) is 3.61. The fraction of sp³-hybridized carbons (Fsp3) is 0.875. The molecule has 0 aliphatic carbocycles. The quantitative estimate of drug-likeness (QED) is 0.690. The first kappa shape index (κ1) is 12.2. The van der Waals surface area contributed by atoms with Crippen LogP contribution in [-0.4, -0.2) is 19.4 Å². The van der Waals surface area contributed by atoms with Crippen molar-refractivity contribution in [3.63, 3.8) is 0 Å². The lowest BCUT2D eigenvalue weighted by atomic mass is 9.91. The van der Waals surface area contributed by atoms with E-state index in [1.54, 1.807) is 13.8 Å².